The molecule has 4 aromatic rings. The Morgan fingerprint density at radius 3 is 1.92 bits per heavy atom. The zero-order valence-corrected chi connectivity index (χ0v) is 14.2. The summed E-state index contributed by atoms with van der Waals surface area (Å²) in [7, 11) is 1.85. The molecular formula is C21H17N3O2. The Balaban J connectivity index is 1.68. The molecule has 0 saturated heterocycles. The maximum atomic E-state index is 9.65. The Morgan fingerprint density at radius 1 is 0.692 bits per heavy atom. The smallest absolute Gasteiger partial charge is 0.181 e. The molecule has 128 valence electrons. The van der Waals surface area contributed by atoms with E-state index in [1.807, 2.05) is 49.5 Å². The lowest BCUT2D eigenvalue weighted by atomic mass is 10.0. The molecular weight excluding hydrogens is 326 g/mol. The normalized spacial score (nSPS) is 10.8. The minimum atomic E-state index is 0.187. The van der Waals surface area contributed by atoms with Crippen LogP contribution in [0.2, 0.25) is 0 Å². The van der Waals surface area contributed by atoms with E-state index in [9.17, 15) is 10.2 Å². The number of phenolic OH excluding ortho intramolecular Hbond substituents is 2. The standard InChI is InChI=1S/C21H17N3O2/c1-24-21(22-20(23-24)17-5-3-7-19(26)13-17)15-10-8-14(9-11-15)16-4-2-6-18(25)12-16/h2-13,25-26H,1H3. The van der Waals surface area contributed by atoms with E-state index < -0.39 is 0 Å². The molecule has 5 nitrogen and oxygen atoms in total. The highest BCUT2D eigenvalue weighted by atomic mass is 16.3. The molecule has 26 heavy (non-hydrogen) atoms. The van der Waals surface area contributed by atoms with E-state index in [1.165, 1.54) is 0 Å². The van der Waals surface area contributed by atoms with Gasteiger partial charge >= 0.3 is 0 Å². The summed E-state index contributed by atoms with van der Waals surface area (Å²) in [6.07, 6.45) is 0. The van der Waals surface area contributed by atoms with Crippen LogP contribution in [-0.4, -0.2) is 25.0 Å². The van der Waals surface area contributed by atoms with Gasteiger partial charge in [-0.05, 0) is 35.4 Å². The van der Waals surface area contributed by atoms with Crippen LogP contribution in [0.15, 0.2) is 72.8 Å². The molecule has 0 amide bonds. The van der Waals surface area contributed by atoms with Crippen molar-refractivity contribution < 1.29 is 10.2 Å². The number of aromatic hydroxyl groups is 2. The molecule has 2 N–H and O–H groups in total. The maximum absolute atomic E-state index is 9.65. The van der Waals surface area contributed by atoms with Crippen molar-refractivity contribution in [3.63, 3.8) is 0 Å². The lowest BCUT2D eigenvalue weighted by Gasteiger charge is -2.04. The summed E-state index contributed by atoms with van der Waals surface area (Å²) in [4.78, 5) is 4.61. The first-order valence-corrected chi connectivity index (χ1v) is 8.20. The molecule has 0 bridgehead atoms. The van der Waals surface area contributed by atoms with E-state index in [4.69, 9.17) is 0 Å². The Kier molecular flexibility index (Phi) is 3.89. The van der Waals surface area contributed by atoms with E-state index >= 15 is 0 Å². The number of benzene rings is 3. The number of hydrogen-bond donors (Lipinski definition) is 2. The van der Waals surface area contributed by atoms with Gasteiger partial charge in [0.05, 0.1) is 0 Å². The number of aromatic nitrogens is 3. The van der Waals surface area contributed by atoms with Crippen LogP contribution in [0.4, 0.5) is 0 Å². The van der Waals surface area contributed by atoms with Gasteiger partial charge in [0.1, 0.15) is 11.5 Å². The number of rotatable bonds is 3. The molecule has 0 fully saturated rings. The predicted molar refractivity (Wildman–Crippen MR) is 101 cm³/mol. The van der Waals surface area contributed by atoms with Gasteiger partial charge in [0, 0.05) is 18.2 Å². The average Bonchev–Trinajstić information content (AvgIpc) is 3.04. The zero-order valence-electron chi connectivity index (χ0n) is 14.2. The largest absolute Gasteiger partial charge is 0.508 e. The first-order valence-electron chi connectivity index (χ1n) is 8.20. The first-order chi connectivity index (χ1) is 12.6. The van der Waals surface area contributed by atoms with Crippen LogP contribution in [0.5, 0.6) is 11.5 Å². The van der Waals surface area contributed by atoms with Gasteiger partial charge in [0.15, 0.2) is 11.6 Å². The van der Waals surface area contributed by atoms with Crippen molar-refractivity contribution in [1.82, 2.24) is 14.8 Å². The number of nitrogens with zero attached hydrogens (tertiary/aromatic N) is 3. The van der Waals surface area contributed by atoms with Crippen LogP contribution >= 0.6 is 0 Å². The van der Waals surface area contributed by atoms with Gasteiger partial charge in [0.25, 0.3) is 0 Å². The van der Waals surface area contributed by atoms with Crippen LogP contribution in [0, 0.1) is 0 Å². The number of hydrogen-bond acceptors (Lipinski definition) is 4. The molecule has 0 spiro atoms. The molecule has 0 aliphatic carbocycles. The third kappa shape index (κ3) is 3.02. The summed E-state index contributed by atoms with van der Waals surface area (Å²) in [6, 6.07) is 22.0. The van der Waals surface area contributed by atoms with Gasteiger partial charge < -0.3 is 10.2 Å². The highest BCUT2D eigenvalue weighted by Crippen LogP contribution is 2.27. The van der Waals surface area contributed by atoms with E-state index in [0.717, 1.165) is 28.1 Å². The highest BCUT2D eigenvalue weighted by molar-refractivity contribution is 5.69. The second kappa shape index (κ2) is 6.37. The lowest BCUT2D eigenvalue weighted by molar-refractivity contribution is 0.475. The fraction of sp³-hybridized carbons (Fsp3) is 0.0476. The molecule has 0 radical (unpaired) electrons. The highest BCUT2D eigenvalue weighted by Gasteiger charge is 2.12. The Labute approximate surface area is 150 Å². The summed E-state index contributed by atoms with van der Waals surface area (Å²) in [5.41, 5.74) is 3.67. The summed E-state index contributed by atoms with van der Waals surface area (Å²) in [5, 5.41) is 23.7. The van der Waals surface area contributed by atoms with Gasteiger partial charge in [-0.1, -0.05) is 48.5 Å². The summed E-state index contributed by atoms with van der Waals surface area (Å²) in [5.74, 6) is 1.74. The SMILES string of the molecule is Cn1nc(-c2cccc(O)c2)nc1-c1ccc(-c2cccc(O)c2)cc1. The third-order valence-corrected chi connectivity index (χ3v) is 4.19. The summed E-state index contributed by atoms with van der Waals surface area (Å²) in [6.45, 7) is 0. The van der Waals surface area contributed by atoms with Crippen molar-refractivity contribution in [1.29, 1.82) is 0 Å². The van der Waals surface area contributed by atoms with Gasteiger partial charge in [0.2, 0.25) is 0 Å². The van der Waals surface area contributed by atoms with Crippen LogP contribution in [0.25, 0.3) is 33.9 Å². The summed E-state index contributed by atoms with van der Waals surface area (Å²) < 4.78 is 1.72. The minimum absolute atomic E-state index is 0.187. The van der Waals surface area contributed by atoms with Crippen LogP contribution in [0.1, 0.15) is 0 Å². The second-order valence-electron chi connectivity index (χ2n) is 6.06. The third-order valence-electron chi connectivity index (χ3n) is 4.19. The second-order valence-corrected chi connectivity index (χ2v) is 6.06. The summed E-state index contributed by atoms with van der Waals surface area (Å²) >= 11 is 0. The van der Waals surface area contributed by atoms with Crippen LogP contribution in [-0.2, 0) is 7.05 Å². The van der Waals surface area contributed by atoms with Gasteiger partial charge in [-0.25, -0.2) is 9.67 Å². The fourth-order valence-corrected chi connectivity index (χ4v) is 2.90. The van der Waals surface area contributed by atoms with Crippen LogP contribution in [0.3, 0.4) is 0 Å². The molecule has 3 aromatic carbocycles. The lowest BCUT2D eigenvalue weighted by Crippen LogP contribution is -1.94. The Bertz CT molecular complexity index is 1070. The molecule has 1 aromatic heterocycles. The first kappa shape index (κ1) is 15.9. The molecule has 0 unspecified atom stereocenters. The predicted octanol–water partition coefficient (Wildman–Crippen LogP) is 4.23. The van der Waals surface area contributed by atoms with E-state index in [2.05, 4.69) is 10.1 Å². The number of aryl methyl sites for hydroxylation is 1. The van der Waals surface area contributed by atoms with Crippen molar-refractivity contribution in [2.24, 2.45) is 7.05 Å². The van der Waals surface area contributed by atoms with E-state index in [-0.39, 0.29) is 11.5 Å². The van der Waals surface area contributed by atoms with Gasteiger partial charge in [-0.3, -0.25) is 0 Å². The maximum Gasteiger partial charge on any atom is 0.181 e. The Hall–Kier alpha value is -3.60. The van der Waals surface area contributed by atoms with Crippen molar-refractivity contribution in [2.75, 3.05) is 0 Å². The average molecular weight is 343 g/mol. The molecule has 1 heterocycles. The quantitative estimate of drug-likeness (QED) is 0.584. The molecule has 0 aliphatic heterocycles. The van der Waals surface area contributed by atoms with Crippen molar-refractivity contribution in [3.05, 3.63) is 72.8 Å². The monoisotopic (exact) mass is 343 g/mol. The molecule has 0 atom stereocenters. The van der Waals surface area contributed by atoms with Crippen molar-refractivity contribution in [2.45, 2.75) is 0 Å². The molecule has 0 saturated carbocycles. The van der Waals surface area contributed by atoms with E-state index in [0.29, 0.717) is 5.82 Å². The van der Waals surface area contributed by atoms with Crippen LogP contribution < -0.4 is 0 Å². The zero-order chi connectivity index (χ0) is 18.1. The van der Waals surface area contributed by atoms with Crippen molar-refractivity contribution in [3.8, 4) is 45.4 Å². The fourth-order valence-electron chi connectivity index (χ4n) is 2.90. The van der Waals surface area contributed by atoms with Gasteiger partial charge in [-0.15, -0.1) is 0 Å². The molecule has 4 rings (SSSR count). The van der Waals surface area contributed by atoms with Crippen molar-refractivity contribution >= 4 is 0 Å². The Morgan fingerprint density at radius 2 is 1.27 bits per heavy atom. The topological polar surface area (TPSA) is 71.2 Å². The molecule has 0 aliphatic rings. The molecule has 5 heteroatoms. The van der Waals surface area contributed by atoms with Gasteiger partial charge in [-0.2, -0.15) is 5.10 Å². The number of phenols is 2. The van der Waals surface area contributed by atoms with E-state index in [1.54, 1.807) is 35.0 Å². The minimum Gasteiger partial charge on any atom is -0.508 e.